The van der Waals surface area contributed by atoms with Gasteiger partial charge >= 0.3 is 0 Å². The van der Waals surface area contributed by atoms with Crippen molar-refractivity contribution in [2.45, 2.75) is 32.0 Å². The topological polar surface area (TPSA) is 41.5 Å². The largest absolute Gasteiger partial charge is 0.455 e. The third kappa shape index (κ3) is 6.82. The highest BCUT2D eigenvalue weighted by Gasteiger charge is 2.50. The first kappa shape index (κ1) is 44.5. The summed E-state index contributed by atoms with van der Waals surface area (Å²) in [7, 11) is -1.66. The molecule has 0 spiro atoms. The highest BCUT2D eigenvalue weighted by atomic mass is 28.3. The van der Waals surface area contributed by atoms with E-state index in [0.29, 0.717) is 11.4 Å². The summed E-state index contributed by atoms with van der Waals surface area (Å²) in [6, 6.07) is 76.9. The summed E-state index contributed by atoms with van der Waals surface area (Å²) in [5.41, 5.74) is 16.4. The predicted octanol–water partition coefficient (Wildman–Crippen LogP) is 18.7. The van der Waals surface area contributed by atoms with Crippen molar-refractivity contribution in [3.63, 3.8) is 0 Å². The van der Waals surface area contributed by atoms with Crippen molar-refractivity contribution >= 4 is 103 Å². The van der Waals surface area contributed by atoms with Crippen LogP contribution in [-0.2, 0) is 5.41 Å². The smallest absolute Gasteiger partial charge is 0.187 e. The fraction of sp³-hybridized carbons (Fsp3) is 0.0746. The third-order valence-corrected chi connectivity index (χ3v) is 17.0. The standard InChI is InChI=1S/C67H48N4O2Si/c1-43-25-31-48(32-26-43)71(50-35-29-47(69-3)30-36-50)58-42-55-63(62-54-22-14-16-24-60(54)72-65(58)62)64-56(67(55,44-17-9-7-10-18-44)45-19-11-8-12-20-45)41-57(61-53-21-13-15-23-59(53)73-66(61)64)70(49-33-27-46(68-2)28-34-49)51-37-39-52(40-38-51)74(4,5)6/h7-42H,1,4-6H3. The molecular weight excluding hydrogens is 921 g/mol. The molecule has 0 amide bonds. The van der Waals surface area contributed by atoms with Crippen molar-refractivity contribution in [2.75, 3.05) is 9.80 Å². The first-order valence-electron chi connectivity index (χ1n) is 25.0. The molecular formula is C67H48N4O2Si. The van der Waals surface area contributed by atoms with E-state index in [1.165, 1.54) is 5.19 Å². The number of benzene rings is 10. The number of para-hydroxylation sites is 2. The maximum Gasteiger partial charge on any atom is 0.187 e. The first-order chi connectivity index (χ1) is 36.1. The van der Waals surface area contributed by atoms with Crippen molar-refractivity contribution < 1.29 is 8.83 Å². The van der Waals surface area contributed by atoms with Gasteiger partial charge in [0.1, 0.15) is 16.7 Å². The number of rotatable bonds is 9. The van der Waals surface area contributed by atoms with Gasteiger partial charge in [0.2, 0.25) is 0 Å². The molecule has 0 bridgehead atoms. The molecule has 0 N–H and O–H groups in total. The average molecular weight is 969 g/mol. The Morgan fingerprint density at radius 2 is 0.851 bits per heavy atom. The Balaban J connectivity index is 1.24. The van der Waals surface area contributed by atoms with E-state index >= 15 is 0 Å². The van der Waals surface area contributed by atoms with Gasteiger partial charge in [-0.3, -0.25) is 0 Å². The normalized spacial score (nSPS) is 12.7. The summed E-state index contributed by atoms with van der Waals surface area (Å²) in [6.45, 7) is 25.0. The Hall–Kier alpha value is -9.40. The lowest BCUT2D eigenvalue weighted by atomic mass is 9.67. The van der Waals surface area contributed by atoms with Crippen molar-refractivity contribution in [1.82, 2.24) is 0 Å². The molecule has 13 rings (SSSR count). The van der Waals surface area contributed by atoms with Crippen LogP contribution in [0, 0.1) is 20.1 Å². The van der Waals surface area contributed by atoms with E-state index in [1.54, 1.807) is 0 Å². The Morgan fingerprint density at radius 1 is 0.432 bits per heavy atom. The van der Waals surface area contributed by atoms with Crippen LogP contribution >= 0.6 is 0 Å². The molecule has 10 aromatic carbocycles. The SMILES string of the molecule is [C-]#[N+]c1ccc(N(c2ccc(C)cc2)c2cc3c(c4c2oc2ccccc24)-c2c(cc(N(c4ccc([N+]#[C-])cc4)c4ccc([Si](C)(C)C)cc4)c4c2oc2ccccc24)C3(c2ccccc2)c2ccccc2)cc1. The molecule has 1 aliphatic rings. The lowest BCUT2D eigenvalue weighted by Gasteiger charge is -2.36. The van der Waals surface area contributed by atoms with Gasteiger partial charge in [-0.25, -0.2) is 9.69 Å². The van der Waals surface area contributed by atoms with Gasteiger partial charge in [0, 0.05) is 50.0 Å². The number of anilines is 6. The molecule has 7 heteroatoms. The lowest BCUT2D eigenvalue weighted by molar-refractivity contribution is 0.668. The van der Waals surface area contributed by atoms with Gasteiger partial charge in [-0.2, -0.15) is 0 Å². The Kier molecular flexibility index (Phi) is 10.3. The number of aryl methyl sites for hydroxylation is 1. The number of hydrogen-bond donors (Lipinski definition) is 0. The zero-order valence-corrected chi connectivity index (χ0v) is 42.4. The van der Waals surface area contributed by atoms with Crippen LogP contribution in [0.1, 0.15) is 27.8 Å². The zero-order valence-electron chi connectivity index (χ0n) is 41.4. The minimum atomic E-state index is -1.66. The maximum atomic E-state index is 7.91. The molecule has 6 nitrogen and oxygen atoms in total. The molecule has 0 aliphatic heterocycles. The molecule has 0 radical (unpaired) electrons. The monoisotopic (exact) mass is 968 g/mol. The highest BCUT2D eigenvalue weighted by molar-refractivity contribution is 6.88. The van der Waals surface area contributed by atoms with Gasteiger partial charge in [-0.05, 0) is 102 Å². The quantitative estimate of drug-likeness (QED) is 0.107. The number of furan rings is 2. The second-order valence-electron chi connectivity index (χ2n) is 20.3. The van der Waals surface area contributed by atoms with E-state index in [9.17, 15) is 0 Å². The van der Waals surface area contributed by atoms with Gasteiger partial charge in [0.05, 0.1) is 43.4 Å². The maximum absolute atomic E-state index is 7.91. The molecule has 352 valence electrons. The van der Waals surface area contributed by atoms with E-state index in [-0.39, 0.29) is 0 Å². The summed E-state index contributed by atoms with van der Waals surface area (Å²) in [5.74, 6) is 0. The summed E-state index contributed by atoms with van der Waals surface area (Å²) in [5, 5.41) is 5.33. The Labute approximate surface area is 431 Å². The molecule has 1 aliphatic carbocycles. The lowest BCUT2D eigenvalue weighted by Crippen LogP contribution is -2.37. The molecule has 0 fully saturated rings. The number of hydrogen-bond acceptors (Lipinski definition) is 4. The molecule has 0 unspecified atom stereocenters. The van der Waals surface area contributed by atoms with E-state index in [2.05, 4.69) is 216 Å². The van der Waals surface area contributed by atoms with Gasteiger partial charge < -0.3 is 18.6 Å². The Morgan fingerprint density at radius 3 is 1.36 bits per heavy atom. The van der Waals surface area contributed by atoms with E-state index in [1.807, 2.05) is 48.5 Å². The highest BCUT2D eigenvalue weighted by Crippen LogP contribution is 2.64. The molecule has 12 aromatic rings. The van der Waals surface area contributed by atoms with Crippen molar-refractivity contribution in [2.24, 2.45) is 0 Å². The van der Waals surface area contributed by atoms with Crippen LogP contribution in [0.25, 0.3) is 64.7 Å². The van der Waals surface area contributed by atoms with Crippen molar-refractivity contribution in [1.29, 1.82) is 0 Å². The summed E-state index contributed by atoms with van der Waals surface area (Å²) < 4.78 is 14.7. The van der Waals surface area contributed by atoms with Gasteiger partial charge in [0.25, 0.3) is 0 Å². The minimum Gasteiger partial charge on any atom is -0.455 e. The van der Waals surface area contributed by atoms with Crippen LogP contribution in [0.3, 0.4) is 0 Å². The van der Waals surface area contributed by atoms with Crippen LogP contribution in [0.5, 0.6) is 0 Å². The predicted molar refractivity (Wildman–Crippen MR) is 308 cm³/mol. The number of fused-ring (bicyclic) bond motifs is 11. The van der Waals surface area contributed by atoms with Crippen LogP contribution < -0.4 is 15.0 Å². The fourth-order valence-electron chi connectivity index (χ4n) is 11.5. The molecule has 2 heterocycles. The fourth-order valence-corrected chi connectivity index (χ4v) is 12.7. The van der Waals surface area contributed by atoms with Gasteiger partial charge in [-0.1, -0.05) is 176 Å². The summed E-state index contributed by atoms with van der Waals surface area (Å²) in [4.78, 5) is 12.2. The molecule has 0 atom stereocenters. The second kappa shape index (κ2) is 17.1. The molecule has 0 saturated carbocycles. The van der Waals surface area contributed by atoms with Crippen LogP contribution in [0.4, 0.5) is 45.5 Å². The van der Waals surface area contributed by atoms with Crippen LogP contribution in [0.2, 0.25) is 19.6 Å². The summed E-state index contributed by atoms with van der Waals surface area (Å²) in [6.07, 6.45) is 0. The van der Waals surface area contributed by atoms with E-state index in [4.69, 9.17) is 22.0 Å². The second-order valence-corrected chi connectivity index (χ2v) is 25.4. The molecule has 0 saturated heterocycles. The first-order valence-corrected chi connectivity index (χ1v) is 28.5. The molecule has 74 heavy (non-hydrogen) atoms. The Bertz CT molecular complexity index is 4200. The minimum absolute atomic E-state index is 0.567. The summed E-state index contributed by atoms with van der Waals surface area (Å²) >= 11 is 0. The van der Waals surface area contributed by atoms with Gasteiger partial charge in [0.15, 0.2) is 17.0 Å². The zero-order chi connectivity index (χ0) is 50.3. The number of nitrogens with zero attached hydrogens (tertiary/aromatic N) is 4. The third-order valence-electron chi connectivity index (χ3n) is 15.0. The van der Waals surface area contributed by atoms with Crippen LogP contribution in [0.15, 0.2) is 227 Å². The van der Waals surface area contributed by atoms with Gasteiger partial charge in [-0.15, -0.1) is 0 Å². The van der Waals surface area contributed by atoms with Crippen molar-refractivity contribution in [3.05, 3.63) is 269 Å². The molecule has 2 aromatic heterocycles. The average Bonchev–Trinajstić information content (AvgIpc) is 4.24. The van der Waals surface area contributed by atoms with E-state index < -0.39 is 13.5 Å². The van der Waals surface area contributed by atoms with E-state index in [0.717, 1.165) is 117 Å². The van der Waals surface area contributed by atoms with Crippen LogP contribution in [-0.4, -0.2) is 8.07 Å². The van der Waals surface area contributed by atoms with Crippen molar-refractivity contribution in [3.8, 4) is 11.1 Å².